The van der Waals surface area contributed by atoms with Crippen molar-refractivity contribution >= 4 is 17.5 Å². The molecule has 0 aromatic rings. The van der Waals surface area contributed by atoms with E-state index in [1.807, 2.05) is 0 Å². The Bertz CT molecular complexity index is 364. The zero-order valence-electron chi connectivity index (χ0n) is 5.93. The van der Waals surface area contributed by atoms with Gasteiger partial charge < -0.3 is 5.11 Å². The summed E-state index contributed by atoms with van der Waals surface area (Å²) in [6.45, 7) is 0. The van der Waals surface area contributed by atoms with E-state index in [9.17, 15) is 4.79 Å². The lowest BCUT2D eigenvalue weighted by atomic mass is 10.1. The number of aliphatic carboxylic acids is 1. The minimum atomic E-state index is -0.979. The Balaban J connectivity index is 2.33. The van der Waals surface area contributed by atoms with Crippen LogP contribution in [-0.2, 0) is 4.79 Å². The summed E-state index contributed by atoms with van der Waals surface area (Å²) >= 11 is 0. The van der Waals surface area contributed by atoms with Gasteiger partial charge in [-0.1, -0.05) is 0 Å². The molecule has 0 aromatic carbocycles. The third-order valence-electron chi connectivity index (χ3n) is 1.54. The van der Waals surface area contributed by atoms with E-state index in [0.717, 1.165) is 0 Å². The lowest BCUT2D eigenvalue weighted by Gasteiger charge is -2.04. The topological polar surface area (TPSA) is 86.7 Å². The summed E-state index contributed by atoms with van der Waals surface area (Å²) in [5.41, 5.74) is 0.736. The van der Waals surface area contributed by atoms with Gasteiger partial charge in [0.1, 0.15) is 5.71 Å². The van der Waals surface area contributed by atoms with Crippen molar-refractivity contribution in [1.82, 2.24) is 0 Å². The second kappa shape index (κ2) is 2.33. The summed E-state index contributed by atoms with van der Waals surface area (Å²) < 4.78 is 0. The van der Waals surface area contributed by atoms with Gasteiger partial charge in [-0.3, -0.25) is 0 Å². The zero-order valence-corrected chi connectivity index (χ0v) is 5.93. The van der Waals surface area contributed by atoms with E-state index in [1.54, 1.807) is 0 Å². The molecule has 0 spiro atoms. The molecule has 1 N–H and O–H groups in total. The maximum atomic E-state index is 10.5. The predicted molar refractivity (Wildman–Crippen MR) is 40.1 cm³/mol. The van der Waals surface area contributed by atoms with Gasteiger partial charge in [0, 0.05) is 12.6 Å². The number of rotatable bonds is 1. The van der Waals surface area contributed by atoms with Crippen molar-refractivity contribution in [2.45, 2.75) is 6.42 Å². The number of carboxylic acids is 1. The van der Waals surface area contributed by atoms with Crippen LogP contribution < -0.4 is 0 Å². The fourth-order valence-corrected chi connectivity index (χ4v) is 0.932. The van der Waals surface area contributed by atoms with E-state index < -0.39 is 5.97 Å². The summed E-state index contributed by atoms with van der Waals surface area (Å²) in [7, 11) is 0. The lowest BCUT2D eigenvalue weighted by molar-refractivity contribution is -0.132. The number of hydrogen-bond acceptors (Lipinski definition) is 5. The van der Waals surface area contributed by atoms with E-state index in [-0.39, 0.29) is 12.0 Å². The second-order valence-corrected chi connectivity index (χ2v) is 2.33. The van der Waals surface area contributed by atoms with Crippen molar-refractivity contribution in [2.24, 2.45) is 20.4 Å². The number of fused-ring (bicyclic) bond motifs is 1. The number of carbonyl (C=O) groups is 1. The summed E-state index contributed by atoms with van der Waals surface area (Å²) in [6, 6.07) is 0. The highest BCUT2D eigenvalue weighted by Gasteiger charge is 2.22. The first-order valence-electron chi connectivity index (χ1n) is 3.25. The molecule has 6 nitrogen and oxygen atoms in total. The molecule has 0 atom stereocenters. The highest BCUT2D eigenvalue weighted by atomic mass is 16.4. The van der Waals surface area contributed by atoms with Crippen LogP contribution in [0.25, 0.3) is 0 Å². The van der Waals surface area contributed by atoms with Crippen LogP contribution in [0.5, 0.6) is 0 Å². The van der Waals surface area contributed by atoms with Crippen molar-refractivity contribution in [3.05, 3.63) is 11.8 Å². The first-order chi connectivity index (χ1) is 5.77. The molecule has 0 radical (unpaired) electrons. The molecule has 0 amide bonds. The van der Waals surface area contributed by atoms with Gasteiger partial charge in [0.05, 0.1) is 5.57 Å². The molecule has 0 unspecified atom stereocenters. The SMILES string of the molecule is O=C(O)C1=CN=C2N=NN=C2C1. The van der Waals surface area contributed by atoms with E-state index in [0.29, 0.717) is 11.5 Å². The standard InChI is InChI=1S/C6H4N4O2/c11-6(12)3-1-4-5(7-2-3)9-10-8-4/h2H,1H2,(H,11,12). The minimum absolute atomic E-state index is 0.213. The van der Waals surface area contributed by atoms with Gasteiger partial charge in [0.15, 0.2) is 5.84 Å². The monoisotopic (exact) mass is 164 g/mol. The zero-order chi connectivity index (χ0) is 8.55. The van der Waals surface area contributed by atoms with Crippen molar-refractivity contribution in [1.29, 1.82) is 0 Å². The number of nitrogens with zero attached hydrogens (tertiary/aromatic N) is 4. The van der Waals surface area contributed by atoms with Crippen molar-refractivity contribution < 1.29 is 9.90 Å². The van der Waals surface area contributed by atoms with Crippen LogP contribution in [0.4, 0.5) is 0 Å². The molecule has 0 bridgehead atoms. The Kier molecular flexibility index (Phi) is 1.33. The van der Waals surface area contributed by atoms with Crippen LogP contribution in [0.2, 0.25) is 0 Å². The molecule has 2 rings (SSSR count). The van der Waals surface area contributed by atoms with Gasteiger partial charge >= 0.3 is 5.97 Å². The fraction of sp³-hybridized carbons (Fsp3) is 0.167. The Morgan fingerprint density at radius 3 is 3.17 bits per heavy atom. The first kappa shape index (κ1) is 6.84. The minimum Gasteiger partial charge on any atom is -0.478 e. The molecule has 6 heteroatoms. The molecule has 0 fully saturated rings. The molecular weight excluding hydrogens is 160 g/mol. The lowest BCUT2D eigenvalue weighted by Crippen LogP contribution is -2.16. The van der Waals surface area contributed by atoms with E-state index in [4.69, 9.17) is 5.11 Å². The maximum Gasteiger partial charge on any atom is 0.333 e. The Morgan fingerprint density at radius 1 is 1.58 bits per heavy atom. The molecular formula is C6H4N4O2. The summed E-state index contributed by atoms with van der Waals surface area (Å²) in [6.07, 6.45) is 1.53. The molecule has 2 aliphatic rings. The molecule has 60 valence electrons. The fourth-order valence-electron chi connectivity index (χ4n) is 0.932. The molecule has 2 aliphatic heterocycles. The van der Waals surface area contributed by atoms with Gasteiger partial charge in [-0.15, -0.1) is 10.2 Å². The van der Waals surface area contributed by atoms with Crippen LogP contribution in [0.1, 0.15) is 6.42 Å². The van der Waals surface area contributed by atoms with Crippen LogP contribution in [0, 0.1) is 0 Å². The second-order valence-electron chi connectivity index (χ2n) is 2.33. The summed E-state index contributed by atoms with van der Waals surface area (Å²) in [4.78, 5) is 14.3. The van der Waals surface area contributed by atoms with Gasteiger partial charge in [-0.05, 0) is 5.22 Å². The normalized spacial score (nSPS) is 19.5. The van der Waals surface area contributed by atoms with Crippen molar-refractivity contribution in [2.75, 3.05) is 0 Å². The summed E-state index contributed by atoms with van der Waals surface area (Å²) in [5.74, 6) is -0.563. The molecule has 12 heavy (non-hydrogen) atoms. The van der Waals surface area contributed by atoms with Gasteiger partial charge in [0.2, 0.25) is 0 Å². The average molecular weight is 164 g/mol. The average Bonchev–Trinajstić information content (AvgIpc) is 2.49. The van der Waals surface area contributed by atoms with Gasteiger partial charge in [-0.2, -0.15) is 0 Å². The molecule has 0 saturated heterocycles. The summed E-state index contributed by atoms with van der Waals surface area (Å²) in [5, 5.41) is 19.2. The Morgan fingerprint density at radius 2 is 2.42 bits per heavy atom. The largest absolute Gasteiger partial charge is 0.478 e. The van der Waals surface area contributed by atoms with Crippen LogP contribution in [0.3, 0.4) is 0 Å². The molecule has 0 saturated carbocycles. The molecule has 0 aromatic heterocycles. The predicted octanol–water partition coefficient (Wildman–Crippen LogP) is 0.579. The highest BCUT2D eigenvalue weighted by Crippen LogP contribution is 2.15. The number of amidine groups is 1. The third kappa shape index (κ3) is 0.931. The van der Waals surface area contributed by atoms with E-state index in [1.165, 1.54) is 6.20 Å². The Labute approximate surface area is 67.0 Å². The highest BCUT2D eigenvalue weighted by molar-refractivity contribution is 6.44. The quantitative estimate of drug-likeness (QED) is 0.614. The molecule has 0 aliphatic carbocycles. The van der Waals surface area contributed by atoms with Gasteiger partial charge in [0.25, 0.3) is 0 Å². The van der Waals surface area contributed by atoms with Crippen LogP contribution in [-0.4, -0.2) is 22.6 Å². The van der Waals surface area contributed by atoms with E-state index in [2.05, 4.69) is 20.4 Å². The van der Waals surface area contributed by atoms with Crippen LogP contribution in [0.15, 0.2) is 32.2 Å². The van der Waals surface area contributed by atoms with Crippen molar-refractivity contribution in [3.8, 4) is 0 Å². The molecule has 2 heterocycles. The van der Waals surface area contributed by atoms with Crippen LogP contribution >= 0.6 is 0 Å². The smallest absolute Gasteiger partial charge is 0.333 e. The first-order valence-corrected chi connectivity index (χ1v) is 3.25. The maximum absolute atomic E-state index is 10.5. The van der Waals surface area contributed by atoms with Crippen molar-refractivity contribution in [3.63, 3.8) is 0 Å². The number of carboxylic acid groups (broad SMARTS) is 1. The number of hydrogen-bond donors (Lipinski definition) is 1. The van der Waals surface area contributed by atoms with E-state index >= 15 is 0 Å². The number of aliphatic imine (C=N–C) groups is 1. The Hall–Kier alpha value is -1.85. The third-order valence-corrected chi connectivity index (χ3v) is 1.54. The van der Waals surface area contributed by atoms with Gasteiger partial charge in [-0.25, -0.2) is 9.79 Å².